The van der Waals surface area contributed by atoms with Crippen molar-refractivity contribution < 1.29 is 23.1 Å². The lowest BCUT2D eigenvalue weighted by molar-refractivity contribution is 0.114. The zero-order valence-electron chi connectivity index (χ0n) is 15.4. The van der Waals surface area contributed by atoms with Crippen LogP contribution in [0.15, 0.2) is 35.2 Å². The summed E-state index contributed by atoms with van der Waals surface area (Å²) in [7, 11) is -4.16. The molecule has 0 aliphatic carbocycles. The Balaban J connectivity index is 1.78. The van der Waals surface area contributed by atoms with Crippen LogP contribution in [0.3, 0.4) is 0 Å². The quantitative estimate of drug-likeness (QED) is 0.443. The van der Waals surface area contributed by atoms with Crippen LogP contribution in [0.5, 0.6) is 5.75 Å². The van der Waals surface area contributed by atoms with Gasteiger partial charge in [-0.15, -0.1) is 0 Å². The Bertz CT molecular complexity index is 1060. The first kappa shape index (κ1) is 22.9. The van der Waals surface area contributed by atoms with Crippen molar-refractivity contribution >= 4 is 62.2 Å². The zero-order valence-corrected chi connectivity index (χ0v) is 18.5. The van der Waals surface area contributed by atoms with Crippen LogP contribution in [0.2, 0.25) is 15.1 Å². The highest BCUT2D eigenvalue weighted by Gasteiger charge is 2.27. The van der Waals surface area contributed by atoms with E-state index >= 15 is 0 Å². The van der Waals surface area contributed by atoms with Crippen LogP contribution < -0.4 is 15.4 Å². The second kappa shape index (κ2) is 9.59. The number of hydrogen-bond acceptors (Lipinski definition) is 5. The van der Waals surface area contributed by atoms with E-state index in [-0.39, 0.29) is 39.1 Å². The van der Waals surface area contributed by atoms with E-state index in [1.807, 2.05) is 0 Å². The van der Waals surface area contributed by atoms with Gasteiger partial charge in [-0.25, -0.2) is 17.9 Å². The SMILES string of the molecule is O=C(Nc1ccc(Cl)c(S(=O)(=O)NC[C@@H]2CCCO2)c1O)Nc1cccc(Cl)c1Cl. The highest BCUT2D eigenvalue weighted by atomic mass is 35.5. The van der Waals surface area contributed by atoms with E-state index in [1.54, 1.807) is 12.1 Å². The molecule has 0 bridgehead atoms. The van der Waals surface area contributed by atoms with Crippen molar-refractivity contribution in [2.75, 3.05) is 23.8 Å². The van der Waals surface area contributed by atoms with E-state index < -0.39 is 26.7 Å². The fraction of sp³-hybridized carbons (Fsp3) is 0.278. The first-order chi connectivity index (χ1) is 14.2. The minimum absolute atomic E-state index is 0.0451. The number of sulfonamides is 1. The van der Waals surface area contributed by atoms with E-state index in [9.17, 15) is 18.3 Å². The standard InChI is InChI=1S/C18H18Cl3N3O5S/c19-11-4-1-5-13(15(11)21)23-18(26)24-14-7-6-12(20)17(16(14)25)30(27,28)22-9-10-3-2-8-29-10/h1,4-7,10,22,25H,2-3,8-9H2,(H2,23,24,26)/t10-/m0/s1. The first-order valence-corrected chi connectivity index (χ1v) is 11.5. The minimum atomic E-state index is -4.16. The highest BCUT2D eigenvalue weighted by molar-refractivity contribution is 7.89. The first-order valence-electron chi connectivity index (χ1n) is 8.84. The number of anilines is 2. The van der Waals surface area contributed by atoms with Gasteiger partial charge in [0.25, 0.3) is 0 Å². The number of amides is 2. The summed E-state index contributed by atoms with van der Waals surface area (Å²) in [4.78, 5) is 11.8. The number of ether oxygens (including phenoxy) is 1. The normalized spacial score (nSPS) is 16.4. The third kappa shape index (κ3) is 5.29. The molecule has 0 saturated carbocycles. The van der Waals surface area contributed by atoms with Gasteiger partial charge in [0.05, 0.1) is 32.5 Å². The maximum atomic E-state index is 12.7. The van der Waals surface area contributed by atoms with Gasteiger partial charge in [-0.3, -0.25) is 0 Å². The molecule has 0 aromatic heterocycles. The number of benzene rings is 2. The molecule has 0 spiro atoms. The molecule has 12 heteroatoms. The second-order valence-corrected chi connectivity index (χ2v) is 9.34. The predicted molar refractivity (Wildman–Crippen MR) is 116 cm³/mol. The molecule has 2 aromatic rings. The van der Waals surface area contributed by atoms with Crippen LogP contribution in [-0.4, -0.2) is 38.8 Å². The third-order valence-electron chi connectivity index (χ3n) is 4.33. The van der Waals surface area contributed by atoms with Crippen molar-refractivity contribution in [2.45, 2.75) is 23.8 Å². The van der Waals surface area contributed by atoms with E-state index in [1.165, 1.54) is 18.2 Å². The van der Waals surface area contributed by atoms with Crippen LogP contribution in [0, 0.1) is 0 Å². The number of urea groups is 1. The van der Waals surface area contributed by atoms with Crippen LogP contribution in [0.25, 0.3) is 0 Å². The van der Waals surface area contributed by atoms with Gasteiger partial charge in [-0.05, 0) is 37.1 Å². The topological polar surface area (TPSA) is 117 Å². The maximum absolute atomic E-state index is 12.7. The fourth-order valence-corrected chi connectivity index (χ4v) is 4.90. The number of hydrogen-bond donors (Lipinski definition) is 4. The van der Waals surface area contributed by atoms with Crippen molar-refractivity contribution in [3.8, 4) is 5.75 Å². The Morgan fingerprint density at radius 2 is 1.83 bits per heavy atom. The fourth-order valence-electron chi connectivity index (χ4n) is 2.86. The number of carbonyl (C=O) groups excluding carboxylic acids is 1. The van der Waals surface area contributed by atoms with Crippen molar-refractivity contribution in [1.82, 2.24) is 4.72 Å². The van der Waals surface area contributed by atoms with Gasteiger partial charge < -0.3 is 20.5 Å². The summed E-state index contributed by atoms with van der Waals surface area (Å²) in [5.74, 6) is -0.699. The summed E-state index contributed by atoms with van der Waals surface area (Å²) < 4.78 is 33.1. The monoisotopic (exact) mass is 493 g/mol. The molecule has 1 saturated heterocycles. The minimum Gasteiger partial charge on any atom is -0.504 e. The van der Waals surface area contributed by atoms with Gasteiger partial charge in [-0.2, -0.15) is 0 Å². The number of nitrogens with one attached hydrogen (secondary N) is 3. The Morgan fingerprint density at radius 1 is 1.10 bits per heavy atom. The zero-order chi connectivity index (χ0) is 21.9. The second-order valence-electron chi connectivity index (χ2n) is 6.44. The van der Waals surface area contributed by atoms with Gasteiger partial charge in [0.15, 0.2) is 5.75 Å². The van der Waals surface area contributed by atoms with E-state index in [0.717, 1.165) is 12.8 Å². The van der Waals surface area contributed by atoms with E-state index in [0.29, 0.717) is 6.61 Å². The number of aromatic hydroxyl groups is 1. The van der Waals surface area contributed by atoms with Crippen molar-refractivity contribution in [3.63, 3.8) is 0 Å². The van der Waals surface area contributed by atoms with Gasteiger partial charge in [0, 0.05) is 13.2 Å². The van der Waals surface area contributed by atoms with E-state index in [2.05, 4.69) is 15.4 Å². The molecule has 1 aliphatic rings. The van der Waals surface area contributed by atoms with Gasteiger partial charge in [0.1, 0.15) is 4.90 Å². The number of halogens is 3. The average molecular weight is 495 g/mol. The molecule has 0 unspecified atom stereocenters. The molecule has 162 valence electrons. The molecule has 3 rings (SSSR count). The molecule has 2 aromatic carbocycles. The molecular weight excluding hydrogens is 477 g/mol. The summed E-state index contributed by atoms with van der Waals surface area (Å²) in [6.07, 6.45) is 1.34. The predicted octanol–water partition coefficient (Wildman–Crippen LogP) is 4.45. The van der Waals surface area contributed by atoms with Crippen LogP contribution in [-0.2, 0) is 14.8 Å². The number of phenolic OH excluding ortho intramolecular Hbond substituents is 1. The molecule has 2 amide bonds. The van der Waals surface area contributed by atoms with Crippen molar-refractivity contribution in [3.05, 3.63) is 45.4 Å². The highest BCUT2D eigenvalue weighted by Crippen LogP contribution is 2.37. The molecule has 0 radical (unpaired) electrons. The lowest BCUT2D eigenvalue weighted by Gasteiger charge is -2.16. The van der Waals surface area contributed by atoms with E-state index in [4.69, 9.17) is 39.5 Å². The molecule has 4 N–H and O–H groups in total. The Hall–Kier alpha value is -1.75. The van der Waals surface area contributed by atoms with Gasteiger partial charge >= 0.3 is 6.03 Å². The molecule has 1 fully saturated rings. The average Bonchev–Trinajstić information content (AvgIpc) is 3.20. The largest absolute Gasteiger partial charge is 0.504 e. The summed E-state index contributed by atoms with van der Waals surface area (Å²) >= 11 is 17.9. The Morgan fingerprint density at radius 3 is 2.53 bits per heavy atom. The summed E-state index contributed by atoms with van der Waals surface area (Å²) in [5.41, 5.74) is 0.0775. The Labute approximate surface area is 188 Å². The van der Waals surface area contributed by atoms with Crippen molar-refractivity contribution in [2.24, 2.45) is 0 Å². The molecule has 8 nitrogen and oxygen atoms in total. The maximum Gasteiger partial charge on any atom is 0.323 e. The van der Waals surface area contributed by atoms with Gasteiger partial charge in [-0.1, -0.05) is 40.9 Å². The van der Waals surface area contributed by atoms with Crippen LogP contribution in [0.4, 0.5) is 16.2 Å². The molecule has 1 atom stereocenters. The lowest BCUT2D eigenvalue weighted by Crippen LogP contribution is -2.32. The van der Waals surface area contributed by atoms with Crippen LogP contribution >= 0.6 is 34.8 Å². The number of phenols is 1. The third-order valence-corrected chi connectivity index (χ3v) is 7.07. The molecule has 1 aliphatic heterocycles. The van der Waals surface area contributed by atoms with Crippen LogP contribution in [0.1, 0.15) is 12.8 Å². The van der Waals surface area contributed by atoms with Gasteiger partial charge in [0.2, 0.25) is 10.0 Å². The number of rotatable bonds is 6. The smallest absolute Gasteiger partial charge is 0.323 e. The molecule has 30 heavy (non-hydrogen) atoms. The Kier molecular flexibility index (Phi) is 7.33. The summed E-state index contributed by atoms with van der Waals surface area (Å²) in [5, 5.41) is 15.5. The molecule has 1 heterocycles. The molecular formula is C18H18Cl3N3O5S. The number of carbonyl (C=O) groups is 1. The lowest BCUT2D eigenvalue weighted by atomic mass is 10.2. The summed E-state index contributed by atoms with van der Waals surface area (Å²) in [6.45, 7) is 0.618. The van der Waals surface area contributed by atoms with Crippen molar-refractivity contribution in [1.29, 1.82) is 0 Å². The summed E-state index contributed by atoms with van der Waals surface area (Å²) in [6, 6.07) is 6.43.